The van der Waals surface area contributed by atoms with Crippen molar-refractivity contribution < 1.29 is 4.79 Å². The number of nitrogens with one attached hydrogen (secondary N) is 2. The topological polar surface area (TPSA) is 83.3 Å². The Hall–Kier alpha value is -1.96. The summed E-state index contributed by atoms with van der Waals surface area (Å²) in [4.78, 5) is 19.4. The number of benzene rings is 1. The zero-order chi connectivity index (χ0) is 18.0. The SMILES string of the molecule is Nc1nc(C2(c3ccccc3)CCN(C(=O)[C@@H]3CNCCN3)CC2)cs1. The van der Waals surface area contributed by atoms with E-state index in [1.807, 2.05) is 11.0 Å². The smallest absolute Gasteiger partial charge is 0.241 e. The highest BCUT2D eigenvalue weighted by atomic mass is 32.1. The van der Waals surface area contributed by atoms with Crippen LogP contribution in [0.1, 0.15) is 24.1 Å². The predicted octanol–water partition coefficient (Wildman–Crippen LogP) is 1.20. The largest absolute Gasteiger partial charge is 0.375 e. The minimum atomic E-state index is -0.162. The maximum Gasteiger partial charge on any atom is 0.241 e. The number of piperazine rings is 1. The van der Waals surface area contributed by atoms with Gasteiger partial charge in [0.15, 0.2) is 5.13 Å². The molecule has 0 radical (unpaired) electrons. The summed E-state index contributed by atoms with van der Waals surface area (Å²) in [6.45, 7) is 3.96. The number of rotatable bonds is 3. The van der Waals surface area contributed by atoms with Crippen LogP contribution in [0.15, 0.2) is 35.7 Å². The Balaban J connectivity index is 1.56. The second-order valence-corrected chi connectivity index (χ2v) is 7.94. The number of carbonyl (C=O) groups is 1. The Bertz CT molecular complexity index is 748. The normalized spacial score (nSPS) is 22.9. The van der Waals surface area contributed by atoms with Crippen LogP contribution < -0.4 is 16.4 Å². The number of hydrogen-bond donors (Lipinski definition) is 3. The van der Waals surface area contributed by atoms with E-state index in [4.69, 9.17) is 5.73 Å². The van der Waals surface area contributed by atoms with Crippen molar-refractivity contribution in [2.75, 3.05) is 38.5 Å². The molecule has 3 heterocycles. The van der Waals surface area contributed by atoms with Gasteiger partial charge in [0.25, 0.3) is 0 Å². The molecule has 2 saturated heterocycles. The highest BCUT2D eigenvalue weighted by Crippen LogP contribution is 2.42. The number of anilines is 1. The highest BCUT2D eigenvalue weighted by Gasteiger charge is 2.41. The summed E-state index contributed by atoms with van der Waals surface area (Å²) in [6.07, 6.45) is 1.73. The molecule has 2 aromatic rings. The van der Waals surface area contributed by atoms with Crippen molar-refractivity contribution in [3.63, 3.8) is 0 Å². The van der Waals surface area contributed by atoms with E-state index in [-0.39, 0.29) is 17.4 Å². The van der Waals surface area contributed by atoms with E-state index in [1.54, 1.807) is 0 Å². The van der Waals surface area contributed by atoms with E-state index in [0.717, 1.165) is 44.7 Å². The molecular weight excluding hydrogens is 346 g/mol. The molecule has 4 rings (SSSR count). The number of nitrogens with zero attached hydrogens (tertiary/aromatic N) is 2. The van der Waals surface area contributed by atoms with Crippen LogP contribution in [0, 0.1) is 0 Å². The lowest BCUT2D eigenvalue weighted by Crippen LogP contribution is -2.58. The van der Waals surface area contributed by atoms with Gasteiger partial charge in [-0.2, -0.15) is 0 Å². The average molecular weight is 372 g/mol. The summed E-state index contributed by atoms with van der Waals surface area (Å²) in [5, 5.41) is 9.29. The minimum Gasteiger partial charge on any atom is -0.375 e. The first-order valence-electron chi connectivity index (χ1n) is 9.19. The zero-order valence-corrected chi connectivity index (χ0v) is 15.6. The van der Waals surface area contributed by atoms with Gasteiger partial charge in [0.2, 0.25) is 5.91 Å². The average Bonchev–Trinajstić information content (AvgIpc) is 3.16. The molecule has 1 aromatic carbocycles. The summed E-state index contributed by atoms with van der Waals surface area (Å²) >= 11 is 1.49. The summed E-state index contributed by atoms with van der Waals surface area (Å²) in [5.74, 6) is 0.205. The number of nitrogens with two attached hydrogens (primary N) is 1. The van der Waals surface area contributed by atoms with Gasteiger partial charge in [-0.3, -0.25) is 4.79 Å². The third-order valence-electron chi connectivity index (χ3n) is 5.61. The Kier molecular flexibility index (Phi) is 4.93. The molecule has 26 heavy (non-hydrogen) atoms. The molecule has 0 unspecified atom stereocenters. The van der Waals surface area contributed by atoms with Gasteiger partial charge >= 0.3 is 0 Å². The van der Waals surface area contributed by atoms with Crippen molar-refractivity contribution in [1.29, 1.82) is 0 Å². The van der Waals surface area contributed by atoms with E-state index >= 15 is 0 Å². The number of hydrogen-bond acceptors (Lipinski definition) is 6. The van der Waals surface area contributed by atoms with Crippen molar-refractivity contribution in [2.24, 2.45) is 0 Å². The summed E-state index contributed by atoms with van der Waals surface area (Å²) in [7, 11) is 0. The molecule has 0 saturated carbocycles. The van der Waals surface area contributed by atoms with E-state index < -0.39 is 0 Å². The van der Waals surface area contributed by atoms with Crippen LogP contribution in [0.3, 0.4) is 0 Å². The van der Waals surface area contributed by atoms with Crippen molar-refractivity contribution in [1.82, 2.24) is 20.5 Å². The molecule has 1 amide bonds. The maximum atomic E-state index is 12.8. The highest BCUT2D eigenvalue weighted by molar-refractivity contribution is 7.13. The fourth-order valence-electron chi connectivity index (χ4n) is 4.11. The van der Waals surface area contributed by atoms with Gasteiger partial charge in [0.1, 0.15) is 0 Å². The van der Waals surface area contributed by atoms with Crippen LogP contribution in [-0.2, 0) is 10.2 Å². The van der Waals surface area contributed by atoms with Crippen LogP contribution in [-0.4, -0.2) is 54.6 Å². The number of likely N-dealkylation sites (tertiary alicyclic amines) is 1. The Morgan fingerprint density at radius 1 is 1.23 bits per heavy atom. The predicted molar refractivity (Wildman–Crippen MR) is 104 cm³/mol. The molecule has 1 aromatic heterocycles. The van der Waals surface area contributed by atoms with Gasteiger partial charge in [-0.05, 0) is 18.4 Å². The molecule has 4 N–H and O–H groups in total. The summed E-state index contributed by atoms with van der Waals surface area (Å²) in [6, 6.07) is 10.4. The fourth-order valence-corrected chi connectivity index (χ4v) is 4.78. The zero-order valence-electron chi connectivity index (χ0n) is 14.8. The second-order valence-electron chi connectivity index (χ2n) is 7.06. The lowest BCUT2D eigenvalue weighted by atomic mass is 9.70. The van der Waals surface area contributed by atoms with Crippen LogP contribution in [0.2, 0.25) is 0 Å². The van der Waals surface area contributed by atoms with E-state index in [2.05, 4.69) is 45.3 Å². The van der Waals surface area contributed by atoms with E-state index in [1.165, 1.54) is 16.9 Å². The monoisotopic (exact) mass is 371 g/mol. The van der Waals surface area contributed by atoms with Gasteiger partial charge in [0, 0.05) is 43.5 Å². The second kappa shape index (κ2) is 7.34. The van der Waals surface area contributed by atoms with Gasteiger partial charge in [-0.15, -0.1) is 11.3 Å². The van der Waals surface area contributed by atoms with Gasteiger partial charge in [-0.1, -0.05) is 30.3 Å². The molecule has 0 aliphatic carbocycles. The molecule has 6 nitrogen and oxygen atoms in total. The van der Waals surface area contributed by atoms with Crippen molar-refractivity contribution in [3.8, 4) is 0 Å². The Morgan fingerprint density at radius 2 is 2.00 bits per heavy atom. The van der Waals surface area contributed by atoms with Gasteiger partial charge < -0.3 is 21.3 Å². The fraction of sp³-hybridized carbons (Fsp3) is 0.474. The van der Waals surface area contributed by atoms with Gasteiger partial charge in [0.05, 0.1) is 11.7 Å². The van der Waals surface area contributed by atoms with Gasteiger partial charge in [-0.25, -0.2) is 4.98 Å². The number of piperidine rings is 1. The summed E-state index contributed by atoms with van der Waals surface area (Å²) < 4.78 is 0. The van der Waals surface area contributed by atoms with Crippen molar-refractivity contribution in [2.45, 2.75) is 24.3 Å². The first-order valence-corrected chi connectivity index (χ1v) is 10.1. The first-order chi connectivity index (χ1) is 12.7. The quantitative estimate of drug-likeness (QED) is 0.755. The number of carbonyl (C=O) groups excluding carboxylic acids is 1. The number of aromatic nitrogens is 1. The van der Waals surface area contributed by atoms with Crippen LogP contribution in [0.5, 0.6) is 0 Å². The minimum absolute atomic E-state index is 0.108. The first kappa shape index (κ1) is 17.5. The van der Waals surface area contributed by atoms with E-state index in [9.17, 15) is 4.79 Å². The molecule has 2 aliphatic heterocycles. The van der Waals surface area contributed by atoms with Crippen molar-refractivity contribution >= 4 is 22.4 Å². The Labute approximate surface area is 157 Å². The third-order valence-corrected chi connectivity index (χ3v) is 6.28. The molecule has 138 valence electrons. The Morgan fingerprint density at radius 3 is 2.62 bits per heavy atom. The molecule has 7 heteroatoms. The number of nitrogen functional groups attached to an aromatic ring is 1. The van der Waals surface area contributed by atoms with E-state index in [0.29, 0.717) is 11.7 Å². The van der Waals surface area contributed by atoms with Crippen LogP contribution in [0.25, 0.3) is 0 Å². The molecule has 0 bridgehead atoms. The molecule has 0 spiro atoms. The van der Waals surface area contributed by atoms with Crippen LogP contribution in [0.4, 0.5) is 5.13 Å². The summed E-state index contributed by atoms with van der Waals surface area (Å²) in [5.41, 5.74) is 8.06. The maximum absolute atomic E-state index is 12.8. The lowest BCUT2D eigenvalue weighted by Gasteiger charge is -2.42. The molecule has 2 aliphatic rings. The lowest BCUT2D eigenvalue weighted by molar-refractivity contribution is -0.135. The third kappa shape index (κ3) is 3.22. The molecule has 1 atom stereocenters. The number of thiazole rings is 1. The number of amides is 1. The molecular formula is C19H25N5OS. The molecule has 2 fully saturated rings. The standard InChI is InChI=1S/C19H25N5OS/c20-18-23-16(13-26-18)19(14-4-2-1-3-5-14)6-10-24(11-7-19)17(25)15-12-21-8-9-22-15/h1-5,13,15,21-22H,6-12H2,(H2,20,23)/t15-/m0/s1. The van der Waals surface area contributed by atoms with Crippen LogP contribution >= 0.6 is 11.3 Å². The van der Waals surface area contributed by atoms with Crippen molar-refractivity contribution in [3.05, 3.63) is 47.0 Å².